The zero-order valence-electron chi connectivity index (χ0n) is 18.2. The molecule has 0 saturated carbocycles. The van der Waals surface area contributed by atoms with E-state index in [-0.39, 0.29) is 18.2 Å². The summed E-state index contributed by atoms with van der Waals surface area (Å²) in [4.78, 5) is 41.7. The van der Waals surface area contributed by atoms with Gasteiger partial charge in [0.25, 0.3) is 0 Å². The second-order valence-corrected chi connectivity index (χ2v) is 7.22. The zero-order valence-corrected chi connectivity index (χ0v) is 18.2. The third-order valence-electron chi connectivity index (χ3n) is 5.52. The Morgan fingerprint density at radius 3 is 2.34 bits per heavy atom. The second kappa shape index (κ2) is 10.5. The number of methoxy groups -OCH3 is 1. The number of rotatable bonds is 9. The van der Waals surface area contributed by atoms with Gasteiger partial charge in [0.15, 0.2) is 5.78 Å². The van der Waals surface area contributed by atoms with Gasteiger partial charge in [0.2, 0.25) is 5.91 Å². The van der Waals surface area contributed by atoms with Crippen LogP contribution in [0.2, 0.25) is 0 Å². The molecular formula is C21H33N3O5. The van der Waals surface area contributed by atoms with Gasteiger partial charge in [0, 0.05) is 50.4 Å². The lowest BCUT2D eigenvalue weighted by molar-refractivity contribution is -0.130. The SMILES string of the molecule is CCC(=O)N(CCN1CCOCC1)CC(=O)c1c(C)c(C(=O)OC)n(CC)c1C. The highest BCUT2D eigenvalue weighted by Gasteiger charge is 2.28. The molecule has 0 aliphatic carbocycles. The molecule has 1 saturated heterocycles. The fourth-order valence-corrected chi connectivity index (χ4v) is 3.92. The Kier molecular flexibility index (Phi) is 8.40. The van der Waals surface area contributed by atoms with Crippen molar-refractivity contribution in [3.8, 4) is 0 Å². The van der Waals surface area contributed by atoms with Crippen LogP contribution in [0.1, 0.15) is 52.4 Å². The minimum Gasteiger partial charge on any atom is -0.464 e. The van der Waals surface area contributed by atoms with E-state index in [0.717, 1.165) is 18.8 Å². The number of aromatic nitrogens is 1. The summed E-state index contributed by atoms with van der Waals surface area (Å²) < 4.78 is 12.1. The second-order valence-electron chi connectivity index (χ2n) is 7.22. The number of Topliss-reactive ketones (excluding diaryl/α,β-unsaturated/α-hetero) is 1. The Balaban J connectivity index is 2.21. The van der Waals surface area contributed by atoms with Crippen molar-refractivity contribution in [2.24, 2.45) is 0 Å². The van der Waals surface area contributed by atoms with Crippen molar-refractivity contribution in [3.63, 3.8) is 0 Å². The molecule has 1 amide bonds. The summed E-state index contributed by atoms with van der Waals surface area (Å²) in [5.74, 6) is -0.661. The Morgan fingerprint density at radius 1 is 1.14 bits per heavy atom. The minimum absolute atomic E-state index is 0.00698. The predicted molar refractivity (Wildman–Crippen MR) is 109 cm³/mol. The molecule has 0 atom stereocenters. The van der Waals surface area contributed by atoms with Crippen LogP contribution in [0.5, 0.6) is 0 Å². The first kappa shape index (κ1) is 23.1. The van der Waals surface area contributed by atoms with Gasteiger partial charge < -0.3 is 18.9 Å². The van der Waals surface area contributed by atoms with E-state index < -0.39 is 5.97 Å². The highest BCUT2D eigenvalue weighted by Crippen LogP contribution is 2.24. The molecule has 29 heavy (non-hydrogen) atoms. The van der Waals surface area contributed by atoms with E-state index in [2.05, 4.69) is 4.90 Å². The monoisotopic (exact) mass is 407 g/mol. The average molecular weight is 408 g/mol. The Morgan fingerprint density at radius 2 is 1.79 bits per heavy atom. The first-order valence-corrected chi connectivity index (χ1v) is 10.2. The third-order valence-corrected chi connectivity index (χ3v) is 5.52. The van der Waals surface area contributed by atoms with Crippen molar-refractivity contribution in [2.45, 2.75) is 40.7 Å². The molecule has 1 aliphatic heterocycles. The van der Waals surface area contributed by atoms with Gasteiger partial charge in [-0.05, 0) is 26.3 Å². The first-order valence-electron chi connectivity index (χ1n) is 10.2. The number of ether oxygens (including phenoxy) is 2. The molecule has 8 heteroatoms. The number of hydrogen-bond acceptors (Lipinski definition) is 6. The molecule has 1 aromatic heterocycles. The maximum atomic E-state index is 13.2. The van der Waals surface area contributed by atoms with Crippen LogP contribution >= 0.6 is 0 Å². The van der Waals surface area contributed by atoms with E-state index in [0.29, 0.717) is 56.1 Å². The van der Waals surface area contributed by atoms with Crippen molar-refractivity contribution in [1.82, 2.24) is 14.4 Å². The van der Waals surface area contributed by atoms with Crippen LogP contribution < -0.4 is 0 Å². The van der Waals surface area contributed by atoms with Crippen LogP contribution in [-0.2, 0) is 20.8 Å². The first-order chi connectivity index (χ1) is 13.8. The lowest BCUT2D eigenvalue weighted by Gasteiger charge is -2.29. The number of ketones is 1. The molecule has 8 nitrogen and oxygen atoms in total. The summed E-state index contributed by atoms with van der Waals surface area (Å²) in [5, 5.41) is 0. The van der Waals surface area contributed by atoms with Crippen LogP contribution in [0.25, 0.3) is 0 Å². The molecule has 2 heterocycles. The predicted octanol–water partition coefficient (Wildman–Crippen LogP) is 1.66. The number of amides is 1. The maximum Gasteiger partial charge on any atom is 0.354 e. The van der Waals surface area contributed by atoms with Gasteiger partial charge >= 0.3 is 5.97 Å². The molecule has 1 aliphatic rings. The zero-order chi connectivity index (χ0) is 21.6. The molecule has 0 N–H and O–H groups in total. The van der Waals surface area contributed by atoms with Crippen molar-refractivity contribution in [2.75, 3.05) is 53.0 Å². The summed E-state index contributed by atoms with van der Waals surface area (Å²) in [7, 11) is 1.33. The molecule has 2 rings (SSSR count). The van der Waals surface area contributed by atoms with Gasteiger partial charge in [-0.1, -0.05) is 6.92 Å². The van der Waals surface area contributed by atoms with Crippen molar-refractivity contribution < 1.29 is 23.9 Å². The molecule has 0 bridgehead atoms. The van der Waals surface area contributed by atoms with Crippen LogP contribution in [0.15, 0.2) is 0 Å². The fraction of sp³-hybridized carbons (Fsp3) is 0.667. The summed E-state index contributed by atoms with van der Waals surface area (Å²) in [6.45, 7) is 12.1. The summed E-state index contributed by atoms with van der Waals surface area (Å²) in [5.41, 5.74) is 2.25. The molecule has 1 aromatic rings. The minimum atomic E-state index is -0.458. The highest BCUT2D eigenvalue weighted by atomic mass is 16.5. The summed E-state index contributed by atoms with van der Waals surface area (Å²) in [6.07, 6.45) is 0.345. The van der Waals surface area contributed by atoms with E-state index in [4.69, 9.17) is 9.47 Å². The van der Waals surface area contributed by atoms with E-state index in [9.17, 15) is 14.4 Å². The van der Waals surface area contributed by atoms with Crippen molar-refractivity contribution in [3.05, 3.63) is 22.5 Å². The maximum absolute atomic E-state index is 13.2. The van der Waals surface area contributed by atoms with Crippen LogP contribution in [-0.4, -0.2) is 85.1 Å². The lowest BCUT2D eigenvalue weighted by Crippen LogP contribution is -2.44. The molecule has 0 radical (unpaired) electrons. The topological polar surface area (TPSA) is 81.1 Å². The summed E-state index contributed by atoms with van der Waals surface area (Å²) >= 11 is 0. The van der Waals surface area contributed by atoms with Crippen molar-refractivity contribution in [1.29, 1.82) is 0 Å². The van der Waals surface area contributed by atoms with Gasteiger partial charge in [-0.15, -0.1) is 0 Å². The average Bonchev–Trinajstić information content (AvgIpc) is 2.99. The lowest BCUT2D eigenvalue weighted by atomic mass is 10.0. The van der Waals surface area contributed by atoms with E-state index >= 15 is 0 Å². The standard InChI is InChI=1S/C21H33N3O5/c1-6-18(26)23(9-8-22-10-12-29-13-11-22)14-17(25)19-15(3)20(21(27)28-5)24(7-2)16(19)4/h6-14H2,1-5H3. The Labute approximate surface area is 172 Å². The fourth-order valence-electron chi connectivity index (χ4n) is 3.92. The van der Waals surface area contributed by atoms with Gasteiger partial charge in [-0.2, -0.15) is 0 Å². The number of hydrogen-bond donors (Lipinski definition) is 0. The third kappa shape index (κ3) is 5.25. The molecule has 0 spiro atoms. The molecule has 162 valence electrons. The largest absolute Gasteiger partial charge is 0.464 e. The molecule has 1 fully saturated rings. The number of morpholine rings is 1. The van der Waals surface area contributed by atoms with E-state index in [1.807, 2.05) is 13.8 Å². The van der Waals surface area contributed by atoms with Crippen molar-refractivity contribution >= 4 is 17.7 Å². The number of carbonyl (C=O) groups excluding carboxylic acids is 3. The highest BCUT2D eigenvalue weighted by molar-refractivity contribution is 6.04. The summed E-state index contributed by atoms with van der Waals surface area (Å²) in [6, 6.07) is 0. The Hall–Kier alpha value is -2.19. The van der Waals surface area contributed by atoms with Gasteiger partial charge in [-0.25, -0.2) is 4.79 Å². The number of esters is 1. The molecule has 0 unspecified atom stereocenters. The van der Waals surface area contributed by atoms with Gasteiger partial charge in [-0.3, -0.25) is 14.5 Å². The molecule has 0 aromatic carbocycles. The number of carbonyl (C=O) groups is 3. The Bertz CT molecular complexity index is 750. The van der Waals surface area contributed by atoms with Crippen LogP contribution in [0.3, 0.4) is 0 Å². The van der Waals surface area contributed by atoms with Crippen LogP contribution in [0, 0.1) is 13.8 Å². The number of nitrogens with zero attached hydrogens (tertiary/aromatic N) is 3. The van der Waals surface area contributed by atoms with Crippen LogP contribution in [0.4, 0.5) is 0 Å². The quantitative estimate of drug-likeness (QED) is 0.458. The van der Waals surface area contributed by atoms with E-state index in [1.54, 1.807) is 23.3 Å². The van der Waals surface area contributed by atoms with E-state index in [1.165, 1.54) is 7.11 Å². The van der Waals surface area contributed by atoms with Gasteiger partial charge in [0.1, 0.15) is 5.69 Å². The smallest absolute Gasteiger partial charge is 0.354 e. The molecular weight excluding hydrogens is 374 g/mol. The van der Waals surface area contributed by atoms with Gasteiger partial charge in [0.05, 0.1) is 26.9 Å². The normalized spacial score (nSPS) is 14.7.